The van der Waals surface area contributed by atoms with Crippen molar-refractivity contribution in [2.24, 2.45) is 17.6 Å². The standard InChI is InChI=1S/C17H25N3OS/c1-13-6-7-19(11-14(13)10-18)12-17(21)20-8-9-22-16-5-3-2-4-15(16)20/h2-5,13-14H,6-12,18H2,1H3. The van der Waals surface area contributed by atoms with Crippen molar-refractivity contribution >= 4 is 23.4 Å². The molecule has 2 aliphatic rings. The first-order valence-electron chi connectivity index (χ1n) is 8.13. The maximum Gasteiger partial charge on any atom is 0.241 e. The topological polar surface area (TPSA) is 49.6 Å². The summed E-state index contributed by atoms with van der Waals surface area (Å²) in [4.78, 5) is 18.2. The van der Waals surface area contributed by atoms with Crippen LogP contribution in [0.1, 0.15) is 13.3 Å². The third-order valence-corrected chi connectivity index (χ3v) is 5.93. The zero-order valence-corrected chi connectivity index (χ0v) is 14.0. The van der Waals surface area contributed by atoms with Crippen LogP contribution in [0.2, 0.25) is 0 Å². The quantitative estimate of drug-likeness (QED) is 0.926. The second kappa shape index (κ2) is 7.02. The van der Waals surface area contributed by atoms with Crippen LogP contribution in [0.3, 0.4) is 0 Å². The minimum atomic E-state index is 0.220. The molecule has 4 nitrogen and oxygen atoms in total. The first kappa shape index (κ1) is 15.8. The number of carbonyl (C=O) groups excluding carboxylic acids is 1. The van der Waals surface area contributed by atoms with Crippen molar-refractivity contribution in [1.82, 2.24) is 4.90 Å². The van der Waals surface area contributed by atoms with Gasteiger partial charge in [-0.25, -0.2) is 0 Å². The van der Waals surface area contributed by atoms with Crippen LogP contribution in [-0.2, 0) is 4.79 Å². The van der Waals surface area contributed by atoms with E-state index < -0.39 is 0 Å². The molecule has 1 saturated heterocycles. The summed E-state index contributed by atoms with van der Waals surface area (Å²) in [5, 5.41) is 0. The molecule has 1 aromatic rings. The van der Waals surface area contributed by atoms with E-state index in [1.807, 2.05) is 28.8 Å². The van der Waals surface area contributed by atoms with Crippen molar-refractivity contribution < 1.29 is 4.79 Å². The van der Waals surface area contributed by atoms with Crippen LogP contribution < -0.4 is 10.6 Å². The predicted octanol–water partition coefficient (Wildman–Crippen LogP) is 2.04. The molecular formula is C17H25N3OS. The Hall–Kier alpha value is -1.04. The number of para-hydroxylation sites is 1. The molecule has 1 aromatic carbocycles. The third kappa shape index (κ3) is 3.31. The lowest BCUT2D eigenvalue weighted by Gasteiger charge is -2.37. The highest BCUT2D eigenvalue weighted by Crippen LogP contribution is 2.34. The number of nitrogens with two attached hydrogens (primary N) is 1. The van der Waals surface area contributed by atoms with Gasteiger partial charge in [-0.05, 0) is 43.5 Å². The van der Waals surface area contributed by atoms with Crippen molar-refractivity contribution in [2.45, 2.75) is 18.2 Å². The molecule has 5 heteroatoms. The molecule has 1 fully saturated rings. The molecule has 0 radical (unpaired) electrons. The van der Waals surface area contributed by atoms with E-state index in [1.165, 1.54) is 4.90 Å². The molecule has 2 unspecified atom stereocenters. The molecule has 120 valence electrons. The van der Waals surface area contributed by atoms with E-state index in [1.54, 1.807) is 0 Å². The number of benzene rings is 1. The average Bonchev–Trinajstić information content (AvgIpc) is 2.56. The predicted molar refractivity (Wildman–Crippen MR) is 92.3 cm³/mol. The number of fused-ring (bicyclic) bond motifs is 1. The molecule has 1 amide bonds. The number of piperidine rings is 1. The van der Waals surface area contributed by atoms with Gasteiger partial charge in [0.25, 0.3) is 0 Å². The maximum atomic E-state index is 12.7. The van der Waals surface area contributed by atoms with E-state index >= 15 is 0 Å². The number of hydrogen-bond acceptors (Lipinski definition) is 4. The Morgan fingerprint density at radius 2 is 2.18 bits per heavy atom. The lowest BCUT2D eigenvalue weighted by Crippen LogP contribution is -2.48. The molecule has 2 aliphatic heterocycles. The second-order valence-electron chi connectivity index (χ2n) is 6.36. The normalized spacial score (nSPS) is 25.8. The van der Waals surface area contributed by atoms with Crippen LogP contribution in [0, 0.1) is 11.8 Å². The fourth-order valence-corrected chi connectivity index (χ4v) is 4.38. The van der Waals surface area contributed by atoms with Crippen LogP contribution in [0.25, 0.3) is 0 Å². The van der Waals surface area contributed by atoms with Crippen molar-refractivity contribution in [3.05, 3.63) is 24.3 Å². The van der Waals surface area contributed by atoms with E-state index in [-0.39, 0.29) is 5.91 Å². The summed E-state index contributed by atoms with van der Waals surface area (Å²) in [5.41, 5.74) is 6.94. The largest absolute Gasteiger partial charge is 0.330 e. The van der Waals surface area contributed by atoms with Gasteiger partial charge in [-0.1, -0.05) is 19.1 Å². The summed E-state index contributed by atoms with van der Waals surface area (Å²) in [6, 6.07) is 8.21. The van der Waals surface area contributed by atoms with Gasteiger partial charge >= 0.3 is 0 Å². The second-order valence-corrected chi connectivity index (χ2v) is 7.50. The van der Waals surface area contributed by atoms with E-state index in [0.29, 0.717) is 18.4 Å². The van der Waals surface area contributed by atoms with Gasteiger partial charge in [-0.3, -0.25) is 9.69 Å². The van der Waals surface area contributed by atoms with Gasteiger partial charge in [0.2, 0.25) is 5.91 Å². The smallest absolute Gasteiger partial charge is 0.241 e. The lowest BCUT2D eigenvalue weighted by molar-refractivity contribution is -0.120. The highest BCUT2D eigenvalue weighted by molar-refractivity contribution is 7.99. The summed E-state index contributed by atoms with van der Waals surface area (Å²) in [6.45, 7) is 6.28. The number of carbonyl (C=O) groups is 1. The highest BCUT2D eigenvalue weighted by atomic mass is 32.2. The molecule has 0 aliphatic carbocycles. The molecule has 2 atom stereocenters. The minimum Gasteiger partial charge on any atom is -0.330 e. The van der Waals surface area contributed by atoms with Gasteiger partial charge in [-0.2, -0.15) is 0 Å². The first-order valence-corrected chi connectivity index (χ1v) is 9.12. The Labute approximate surface area is 137 Å². The number of likely N-dealkylation sites (tertiary alicyclic amines) is 1. The molecule has 0 spiro atoms. The van der Waals surface area contributed by atoms with E-state index in [4.69, 9.17) is 5.73 Å². The summed E-state index contributed by atoms with van der Waals surface area (Å²) in [5.74, 6) is 2.39. The summed E-state index contributed by atoms with van der Waals surface area (Å²) in [6.07, 6.45) is 1.14. The molecule has 22 heavy (non-hydrogen) atoms. The van der Waals surface area contributed by atoms with Crippen molar-refractivity contribution in [2.75, 3.05) is 43.4 Å². The van der Waals surface area contributed by atoms with Gasteiger partial charge in [0.15, 0.2) is 0 Å². The van der Waals surface area contributed by atoms with Gasteiger partial charge in [0.1, 0.15) is 0 Å². The fourth-order valence-electron chi connectivity index (χ4n) is 3.38. The van der Waals surface area contributed by atoms with Crippen LogP contribution in [0.5, 0.6) is 0 Å². The number of nitrogens with zero attached hydrogens (tertiary/aromatic N) is 2. The van der Waals surface area contributed by atoms with Gasteiger partial charge < -0.3 is 10.6 Å². The van der Waals surface area contributed by atoms with Gasteiger partial charge in [0.05, 0.1) is 12.2 Å². The third-order valence-electron chi connectivity index (χ3n) is 4.89. The van der Waals surface area contributed by atoms with E-state index in [2.05, 4.69) is 24.0 Å². The zero-order valence-electron chi connectivity index (χ0n) is 13.2. The molecule has 0 bridgehead atoms. The zero-order chi connectivity index (χ0) is 15.5. The number of anilines is 1. The maximum absolute atomic E-state index is 12.7. The molecule has 0 saturated carbocycles. The molecule has 0 aromatic heterocycles. The van der Waals surface area contributed by atoms with Crippen LogP contribution in [0.4, 0.5) is 5.69 Å². The van der Waals surface area contributed by atoms with Crippen LogP contribution >= 0.6 is 11.8 Å². The van der Waals surface area contributed by atoms with Crippen LogP contribution in [0.15, 0.2) is 29.2 Å². The average molecular weight is 319 g/mol. The first-order chi connectivity index (χ1) is 10.7. The Kier molecular flexibility index (Phi) is 5.06. The number of thioether (sulfide) groups is 1. The molecular weight excluding hydrogens is 294 g/mol. The van der Waals surface area contributed by atoms with Crippen molar-refractivity contribution in [3.8, 4) is 0 Å². The Balaban J connectivity index is 1.66. The summed E-state index contributed by atoms with van der Waals surface area (Å²) < 4.78 is 0. The van der Waals surface area contributed by atoms with Gasteiger partial charge in [-0.15, -0.1) is 11.8 Å². The summed E-state index contributed by atoms with van der Waals surface area (Å²) in [7, 11) is 0. The Bertz CT molecular complexity index is 536. The number of amides is 1. The van der Waals surface area contributed by atoms with E-state index in [9.17, 15) is 4.79 Å². The Morgan fingerprint density at radius 1 is 1.36 bits per heavy atom. The van der Waals surface area contributed by atoms with Crippen LogP contribution in [-0.4, -0.2) is 49.3 Å². The fraction of sp³-hybridized carbons (Fsp3) is 0.588. The molecule has 2 heterocycles. The van der Waals surface area contributed by atoms with Gasteiger partial charge in [0, 0.05) is 23.7 Å². The monoisotopic (exact) mass is 319 g/mol. The Morgan fingerprint density at radius 3 is 3.00 bits per heavy atom. The van der Waals surface area contributed by atoms with E-state index in [0.717, 1.165) is 44.0 Å². The molecule has 3 rings (SSSR count). The van der Waals surface area contributed by atoms with Crippen molar-refractivity contribution in [1.29, 1.82) is 0 Å². The number of hydrogen-bond donors (Lipinski definition) is 1. The molecule has 2 N–H and O–H groups in total. The minimum absolute atomic E-state index is 0.220. The summed E-state index contributed by atoms with van der Waals surface area (Å²) >= 11 is 1.84. The lowest BCUT2D eigenvalue weighted by atomic mass is 9.87. The number of rotatable bonds is 3. The van der Waals surface area contributed by atoms with Crippen molar-refractivity contribution in [3.63, 3.8) is 0 Å². The highest BCUT2D eigenvalue weighted by Gasteiger charge is 2.29. The SMILES string of the molecule is CC1CCN(CC(=O)N2CCSc3ccccc32)CC1CN.